The zero-order chi connectivity index (χ0) is 31.9. The Bertz CT molecular complexity index is 1920. The highest BCUT2D eigenvalue weighted by Crippen LogP contribution is 2.28. The molecule has 12 heteroatoms. The molecule has 2 aromatic heterocycles. The Kier molecular flexibility index (Phi) is 9.32. The van der Waals surface area contributed by atoms with Crippen LogP contribution in [0.5, 0.6) is 5.75 Å². The third-order valence-corrected chi connectivity index (χ3v) is 7.22. The lowest BCUT2D eigenvalue weighted by molar-refractivity contribution is -0.122. The number of methoxy groups -OCH3 is 2. The molecule has 2 heterocycles. The van der Waals surface area contributed by atoms with Crippen molar-refractivity contribution in [2.45, 2.75) is 31.8 Å². The Morgan fingerprint density at radius 1 is 1.11 bits per heavy atom. The number of aromatic nitrogens is 3. The van der Waals surface area contributed by atoms with E-state index in [1.807, 2.05) is 30.4 Å². The first kappa shape index (κ1) is 30.7. The molecule has 12 nitrogen and oxygen atoms in total. The van der Waals surface area contributed by atoms with Crippen molar-refractivity contribution in [2.75, 3.05) is 20.0 Å². The molecule has 1 aliphatic carbocycles. The van der Waals surface area contributed by atoms with E-state index in [0.717, 1.165) is 10.1 Å². The molecule has 1 amide bonds. The quantitative estimate of drug-likeness (QED) is 0.187. The minimum absolute atomic E-state index is 0.145. The number of anilines is 1. The fourth-order valence-electron chi connectivity index (χ4n) is 4.91. The summed E-state index contributed by atoms with van der Waals surface area (Å²) in [5.74, 6) is -1.36. The number of nitrogen functional groups attached to an aromatic ring is 1. The van der Waals surface area contributed by atoms with Crippen LogP contribution in [0.3, 0.4) is 0 Å². The van der Waals surface area contributed by atoms with Crippen LogP contribution in [0.1, 0.15) is 40.3 Å². The fourth-order valence-corrected chi connectivity index (χ4v) is 4.91. The normalized spacial score (nSPS) is 13.2. The van der Waals surface area contributed by atoms with Gasteiger partial charge in [0.15, 0.2) is 5.58 Å². The number of benzene rings is 2. The molecule has 0 bridgehead atoms. The van der Waals surface area contributed by atoms with Gasteiger partial charge in [0.1, 0.15) is 29.3 Å². The largest absolute Gasteiger partial charge is 0.496 e. The Labute approximate surface area is 257 Å². The number of allylic oxidation sites excluding steroid dienone is 6. The van der Waals surface area contributed by atoms with Crippen LogP contribution in [0.2, 0.25) is 0 Å². The van der Waals surface area contributed by atoms with Gasteiger partial charge in [0.05, 0.1) is 37.6 Å². The van der Waals surface area contributed by atoms with Gasteiger partial charge in [0.2, 0.25) is 11.7 Å². The molecule has 3 N–H and O–H groups in total. The number of nitrogens with one attached hydrogen (secondary N) is 1. The molecule has 0 saturated carbocycles. The lowest BCUT2D eigenvalue weighted by atomic mass is 10.00. The van der Waals surface area contributed by atoms with Crippen LogP contribution in [0.25, 0.3) is 22.5 Å². The second kappa shape index (κ2) is 13.7. The molecule has 0 aliphatic heterocycles. The van der Waals surface area contributed by atoms with Gasteiger partial charge in [-0.2, -0.15) is 0 Å². The van der Waals surface area contributed by atoms with Crippen molar-refractivity contribution >= 4 is 34.4 Å². The van der Waals surface area contributed by atoms with Crippen molar-refractivity contribution in [3.63, 3.8) is 0 Å². The highest BCUT2D eigenvalue weighted by Gasteiger charge is 2.28. The van der Waals surface area contributed by atoms with Gasteiger partial charge in [-0.05, 0) is 49.6 Å². The summed E-state index contributed by atoms with van der Waals surface area (Å²) in [5, 5.41) is 2.77. The lowest BCUT2D eigenvalue weighted by Crippen LogP contribution is -2.44. The number of ether oxygens (including phenoxy) is 2. The summed E-state index contributed by atoms with van der Waals surface area (Å²) in [6, 6.07) is 10.4. The first-order chi connectivity index (χ1) is 21.8. The summed E-state index contributed by atoms with van der Waals surface area (Å²) in [5.41, 5.74) is 7.47. The van der Waals surface area contributed by atoms with Gasteiger partial charge in [-0.1, -0.05) is 48.1 Å². The van der Waals surface area contributed by atoms with Crippen molar-refractivity contribution in [1.29, 1.82) is 0 Å². The SMILES string of the molecule is COC(=O)c1ccc2oc(C(=O)C(CCC3=CC=CC=CC3)NC(=O)Cn3c(-c4ccccc4OC)ncc(N)c3=O)nc2c1. The predicted octanol–water partition coefficient (Wildman–Crippen LogP) is 4.02. The van der Waals surface area contributed by atoms with Crippen LogP contribution >= 0.6 is 0 Å². The monoisotopic (exact) mass is 609 g/mol. The van der Waals surface area contributed by atoms with E-state index in [1.165, 1.54) is 38.6 Å². The predicted molar refractivity (Wildman–Crippen MR) is 167 cm³/mol. The average molecular weight is 610 g/mol. The Hall–Kier alpha value is -5.78. The van der Waals surface area contributed by atoms with Gasteiger partial charge in [-0.3, -0.25) is 19.0 Å². The van der Waals surface area contributed by atoms with E-state index in [0.29, 0.717) is 24.2 Å². The molecule has 0 spiro atoms. The van der Waals surface area contributed by atoms with Crippen molar-refractivity contribution in [2.24, 2.45) is 0 Å². The van der Waals surface area contributed by atoms with E-state index in [9.17, 15) is 19.2 Å². The van der Waals surface area contributed by atoms with Gasteiger partial charge in [-0.15, -0.1) is 0 Å². The average Bonchev–Trinajstić information content (AvgIpc) is 3.31. The number of rotatable bonds is 11. The van der Waals surface area contributed by atoms with E-state index in [4.69, 9.17) is 19.6 Å². The summed E-state index contributed by atoms with van der Waals surface area (Å²) in [4.78, 5) is 61.0. The number of carbonyl (C=O) groups excluding carboxylic acids is 3. The number of hydrogen-bond donors (Lipinski definition) is 2. The highest BCUT2D eigenvalue weighted by atomic mass is 16.5. The van der Waals surface area contributed by atoms with Gasteiger partial charge < -0.3 is 24.9 Å². The molecule has 5 rings (SSSR count). The van der Waals surface area contributed by atoms with Crippen molar-refractivity contribution < 1.29 is 28.3 Å². The van der Waals surface area contributed by atoms with Crippen LogP contribution in [-0.2, 0) is 16.1 Å². The smallest absolute Gasteiger partial charge is 0.337 e. The zero-order valence-corrected chi connectivity index (χ0v) is 24.7. The topological polar surface area (TPSA) is 169 Å². The maximum atomic E-state index is 13.8. The van der Waals surface area contributed by atoms with E-state index in [-0.39, 0.29) is 40.5 Å². The number of nitrogens with zero attached hydrogens (tertiary/aromatic N) is 3. The second-order valence-electron chi connectivity index (χ2n) is 10.2. The van der Waals surface area contributed by atoms with Crippen molar-refractivity contribution in [3.05, 3.63) is 106 Å². The van der Waals surface area contributed by atoms with E-state index < -0.39 is 35.8 Å². The minimum Gasteiger partial charge on any atom is -0.496 e. The third kappa shape index (κ3) is 6.90. The maximum Gasteiger partial charge on any atom is 0.337 e. The standard InChI is InChI=1S/C33H31N5O7/c1-43-26-12-8-7-11-22(26)30-35-18-23(34)32(41)38(30)19-28(39)36-24(15-13-20-9-5-3-4-6-10-20)29(40)31-37-25-17-21(33(42)44-2)14-16-27(25)45-31/h3-9,11-12,14,16-18,24H,10,13,15,19,34H2,1-2H3,(H,36,39). The fraction of sp³-hybridized carbons (Fsp3) is 0.212. The summed E-state index contributed by atoms with van der Waals surface area (Å²) >= 11 is 0. The number of nitrogens with two attached hydrogens (primary N) is 1. The number of fused-ring (bicyclic) bond motifs is 1. The number of hydrogen-bond acceptors (Lipinski definition) is 10. The molecular weight excluding hydrogens is 578 g/mol. The van der Waals surface area contributed by atoms with Gasteiger partial charge >= 0.3 is 5.97 Å². The van der Waals surface area contributed by atoms with E-state index >= 15 is 0 Å². The molecule has 1 atom stereocenters. The number of esters is 1. The van der Waals surface area contributed by atoms with Crippen molar-refractivity contribution in [1.82, 2.24) is 19.9 Å². The Morgan fingerprint density at radius 3 is 2.73 bits per heavy atom. The molecule has 1 aliphatic rings. The lowest BCUT2D eigenvalue weighted by Gasteiger charge is -2.19. The summed E-state index contributed by atoms with van der Waals surface area (Å²) in [6.07, 6.45) is 12.4. The van der Waals surface area contributed by atoms with E-state index in [2.05, 4.69) is 15.3 Å². The Balaban J connectivity index is 1.44. The number of amides is 1. The molecule has 45 heavy (non-hydrogen) atoms. The van der Waals surface area contributed by atoms with Crippen LogP contribution in [0, 0.1) is 0 Å². The van der Waals surface area contributed by atoms with Crippen LogP contribution < -0.4 is 21.3 Å². The Morgan fingerprint density at radius 2 is 1.93 bits per heavy atom. The second-order valence-corrected chi connectivity index (χ2v) is 10.2. The summed E-state index contributed by atoms with van der Waals surface area (Å²) in [6.45, 7) is -0.474. The third-order valence-electron chi connectivity index (χ3n) is 7.22. The van der Waals surface area contributed by atoms with E-state index in [1.54, 1.807) is 24.3 Å². The number of Topliss-reactive ketones (excluding diaryl/α,β-unsaturated/α-hetero) is 1. The number of carbonyl (C=O) groups is 3. The van der Waals surface area contributed by atoms with Crippen LogP contribution in [0.4, 0.5) is 5.69 Å². The maximum absolute atomic E-state index is 13.8. The van der Waals surface area contributed by atoms with Gasteiger partial charge in [-0.25, -0.2) is 14.8 Å². The van der Waals surface area contributed by atoms with Crippen LogP contribution in [0.15, 0.2) is 93.8 Å². The summed E-state index contributed by atoms with van der Waals surface area (Å²) < 4.78 is 17.1. The first-order valence-electron chi connectivity index (χ1n) is 14.1. The van der Waals surface area contributed by atoms with Gasteiger partial charge in [0.25, 0.3) is 11.4 Å². The number of para-hydroxylation sites is 1. The molecule has 230 valence electrons. The molecule has 0 radical (unpaired) electrons. The number of oxazole rings is 1. The molecule has 1 unspecified atom stereocenters. The van der Waals surface area contributed by atoms with Crippen LogP contribution in [-0.4, -0.2) is 52.5 Å². The zero-order valence-electron chi connectivity index (χ0n) is 24.7. The first-order valence-corrected chi connectivity index (χ1v) is 14.1. The molecule has 2 aromatic carbocycles. The molecule has 0 fully saturated rings. The minimum atomic E-state index is -1.05. The molecule has 4 aromatic rings. The molecule has 0 saturated heterocycles. The summed E-state index contributed by atoms with van der Waals surface area (Å²) in [7, 11) is 2.75. The molecular formula is C33H31N5O7. The van der Waals surface area contributed by atoms with Gasteiger partial charge in [0, 0.05) is 0 Å². The number of ketones is 1. The highest BCUT2D eigenvalue weighted by molar-refractivity contribution is 6.01. The van der Waals surface area contributed by atoms with Crippen molar-refractivity contribution in [3.8, 4) is 17.1 Å².